The van der Waals surface area contributed by atoms with Gasteiger partial charge in [-0.15, -0.1) is 0 Å². The van der Waals surface area contributed by atoms with Crippen LogP contribution in [-0.2, 0) is 11.2 Å². The number of unbranched alkanes of at least 4 members (excludes halogenated alkanes) is 3. The Hall–Kier alpha value is -2.85. The largest absolute Gasteiger partial charge is 0.373 e. The number of rotatable bonds is 11. The van der Waals surface area contributed by atoms with Gasteiger partial charge >= 0.3 is 0 Å². The van der Waals surface area contributed by atoms with E-state index in [-0.39, 0.29) is 17.5 Å². The number of hydrogen-bond acceptors (Lipinski definition) is 1. The molecule has 1 aliphatic rings. The molecule has 0 amide bonds. The van der Waals surface area contributed by atoms with E-state index >= 15 is 4.39 Å². The predicted molar refractivity (Wildman–Crippen MR) is 150 cm³/mol. The molecule has 1 saturated heterocycles. The van der Waals surface area contributed by atoms with Gasteiger partial charge in [-0.3, -0.25) is 0 Å². The highest BCUT2D eigenvalue weighted by atomic mass is 19.2. The number of halogens is 3. The minimum atomic E-state index is -0.852. The zero-order valence-corrected chi connectivity index (χ0v) is 22.6. The number of ether oxygens (including phenoxy) is 1. The van der Waals surface area contributed by atoms with E-state index < -0.39 is 11.6 Å². The van der Waals surface area contributed by atoms with Gasteiger partial charge in [0.15, 0.2) is 11.6 Å². The molecular weight excluding hydrogens is 481 g/mol. The zero-order valence-electron chi connectivity index (χ0n) is 22.6. The summed E-state index contributed by atoms with van der Waals surface area (Å²) in [5, 5.41) is 0. The molecule has 0 aromatic heterocycles. The van der Waals surface area contributed by atoms with Gasteiger partial charge in [0.1, 0.15) is 5.82 Å². The zero-order chi connectivity index (χ0) is 26.9. The third kappa shape index (κ3) is 6.96. The van der Waals surface area contributed by atoms with Crippen molar-refractivity contribution >= 4 is 0 Å². The lowest BCUT2D eigenvalue weighted by atomic mass is 9.90. The van der Waals surface area contributed by atoms with Gasteiger partial charge in [0.2, 0.25) is 0 Å². The van der Waals surface area contributed by atoms with Gasteiger partial charge in [-0.05, 0) is 66.3 Å². The first-order valence-corrected chi connectivity index (χ1v) is 14.2. The second-order valence-corrected chi connectivity index (χ2v) is 10.4. The molecule has 1 nitrogen and oxygen atoms in total. The quantitative estimate of drug-likeness (QED) is 0.180. The summed E-state index contributed by atoms with van der Waals surface area (Å²) in [7, 11) is 0. The van der Waals surface area contributed by atoms with Gasteiger partial charge in [-0.2, -0.15) is 0 Å². The molecule has 3 aromatic carbocycles. The highest BCUT2D eigenvalue weighted by molar-refractivity contribution is 5.71. The summed E-state index contributed by atoms with van der Waals surface area (Å²) in [6.45, 7) is 5.03. The van der Waals surface area contributed by atoms with Gasteiger partial charge < -0.3 is 4.74 Å². The molecule has 202 valence electrons. The van der Waals surface area contributed by atoms with Crippen LogP contribution in [0.5, 0.6) is 0 Å². The van der Waals surface area contributed by atoms with E-state index in [1.165, 1.54) is 25.7 Å². The second-order valence-electron chi connectivity index (χ2n) is 10.4. The molecule has 2 unspecified atom stereocenters. The maximum atomic E-state index is 15.1. The SMILES string of the molecule is CCCC=CCc1ccc(-c2ccc(-c3ccc(C4CCC(CCCCC)CO4)cc3F)cc2)c(F)c1F. The second kappa shape index (κ2) is 13.8. The number of hydrogen-bond donors (Lipinski definition) is 0. The molecule has 0 aliphatic carbocycles. The lowest BCUT2D eigenvalue weighted by molar-refractivity contribution is -0.0200. The fourth-order valence-corrected chi connectivity index (χ4v) is 5.24. The molecule has 4 heteroatoms. The van der Waals surface area contributed by atoms with Gasteiger partial charge in [-0.1, -0.05) is 100 Å². The van der Waals surface area contributed by atoms with Crippen LogP contribution in [0.2, 0.25) is 0 Å². The third-order valence-corrected chi connectivity index (χ3v) is 7.58. The Labute approximate surface area is 225 Å². The van der Waals surface area contributed by atoms with Crippen LogP contribution >= 0.6 is 0 Å². The Morgan fingerprint density at radius 2 is 1.53 bits per heavy atom. The van der Waals surface area contributed by atoms with Crippen molar-refractivity contribution in [3.05, 3.63) is 95.3 Å². The molecular formula is C34H39F3O. The van der Waals surface area contributed by atoms with Crippen molar-refractivity contribution in [1.29, 1.82) is 0 Å². The first kappa shape index (κ1) is 28.2. The van der Waals surface area contributed by atoms with E-state index in [1.54, 1.807) is 48.5 Å². The summed E-state index contributed by atoms with van der Waals surface area (Å²) >= 11 is 0. The summed E-state index contributed by atoms with van der Waals surface area (Å²) in [5.41, 5.74) is 3.14. The predicted octanol–water partition coefficient (Wildman–Crippen LogP) is 10.4. The van der Waals surface area contributed by atoms with Crippen LogP contribution in [0, 0.1) is 23.4 Å². The molecule has 0 N–H and O–H groups in total. The Morgan fingerprint density at radius 1 is 0.789 bits per heavy atom. The van der Waals surface area contributed by atoms with Crippen molar-refractivity contribution in [2.75, 3.05) is 6.61 Å². The maximum absolute atomic E-state index is 15.1. The van der Waals surface area contributed by atoms with Crippen LogP contribution < -0.4 is 0 Å². The van der Waals surface area contributed by atoms with Gasteiger partial charge in [0.25, 0.3) is 0 Å². The minimum Gasteiger partial charge on any atom is -0.373 e. The van der Waals surface area contributed by atoms with E-state index in [0.29, 0.717) is 34.6 Å². The molecule has 0 bridgehead atoms. The van der Waals surface area contributed by atoms with Crippen molar-refractivity contribution in [2.45, 2.75) is 77.7 Å². The summed E-state index contributed by atoms with van der Waals surface area (Å²) in [6, 6.07) is 15.5. The molecule has 38 heavy (non-hydrogen) atoms. The lowest BCUT2D eigenvalue weighted by Crippen LogP contribution is -2.20. The highest BCUT2D eigenvalue weighted by Crippen LogP contribution is 2.35. The van der Waals surface area contributed by atoms with Crippen molar-refractivity contribution in [3.8, 4) is 22.3 Å². The average molecular weight is 521 g/mol. The molecule has 3 aromatic rings. The van der Waals surface area contributed by atoms with Gasteiger partial charge in [-0.25, -0.2) is 13.2 Å². The van der Waals surface area contributed by atoms with Crippen molar-refractivity contribution in [1.82, 2.24) is 0 Å². The average Bonchev–Trinajstić information content (AvgIpc) is 2.94. The van der Waals surface area contributed by atoms with Crippen molar-refractivity contribution in [2.24, 2.45) is 5.92 Å². The Kier molecular flexibility index (Phi) is 10.2. The molecule has 1 aliphatic heterocycles. The summed E-state index contributed by atoms with van der Waals surface area (Å²) in [4.78, 5) is 0. The smallest absolute Gasteiger partial charge is 0.166 e. The van der Waals surface area contributed by atoms with E-state index in [2.05, 4.69) is 13.8 Å². The molecule has 0 radical (unpaired) electrons. The maximum Gasteiger partial charge on any atom is 0.166 e. The standard InChI is InChI=1S/C34H39F3O/c1-3-5-7-9-11-27-17-20-30(34(37)33(27)36)26-15-13-25(14-16-26)29-19-18-28(22-31(29)35)32-21-12-24(23-38-32)10-8-6-4-2/h7,9,13-20,22,24,32H,3-6,8,10-12,21,23H2,1-2H3. The topological polar surface area (TPSA) is 9.23 Å². The molecule has 1 fully saturated rings. The van der Waals surface area contributed by atoms with E-state index in [4.69, 9.17) is 4.74 Å². The van der Waals surface area contributed by atoms with Crippen LogP contribution in [0.4, 0.5) is 13.2 Å². The Bertz CT molecular complexity index is 1210. The number of allylic oxidation sites excluding steroid dienone is 2. The van der Waals surface area contributed by atoms with Crippen molar-refractivity contribution < 1.29 is 17.9 Å². The fraction of sp³-hybridized carbons (Fsp3) is 0.412. The van der Waals surface area contributed by atoms with Crippen molar-refractivity contribution in [3.63, 3.8) is 0 Å². The van der Waals surface area contributed by atoms with Crippen LogP contribution in [-0.4, -0.2) is 6.61 Å². The Balaban J connectivity index is 1.42. The molecule has 0 saturated carbocycles. The van der Waals surface area contributed by atoms with Crippen LogP contribution in [0.15, 0.2) is 66.7 Å². The van der Waals surface area contributed by atoms with E-state index in [0.717, 1.165) is 37.9 Å². The molecule has 4 rings (SSSR count). The summed E-state index contributed by atoms with van der Waals surface area (Å²) < 4.78 is 50.8. The minimum absolute atomic E-state index is 0.0636. The lowest BCUT2D eigenvalue weighted by Gasteiger charge is -2.29. The molecule has 2 atom stereocenters. The third-order valence-electron chi connectivity index (χ3n) is 7.58. The Morgan fingerprint density at radius 3 is 2.18 bits per heavy atom. The van der Waals surface area contributed by atoms with Gasteiger partial charge in [0.05, 0.1) is 12.7 Å². The highest BCUT2D eigenvalue weighted by Gasteiger charge is 2.23. The van der Waals surface area contributed by atoms with E-state index in [1.807, 2.05) is 18.2 Å². The van der Waals surface area contributed by atoms with Crippen LogP contribution in [0.1, 0.15) is 82.4 Å². The summed E-state index contributed by atoms with van der Waals surface area (Å²) in [5.74, 6) is -1.36. The van der Waals surface area contributed by atoms with Gasteiger partial charge in [0, 0.05) is 11.1 Å². The normalized spacial score (nSPS) is 17.8. The van der Waals surface area contributed by atoms with Crippen LogP contribution in [0.3, 0.4) is 0 Å². The monoisotopic (exact) mass is 520 g/mol. The molecule has 1 heterocycles. The van der Waals surface area contributed by atoms with E-state index in [9.17, 15) is 8.78 Å². The van der Waals surface area contributed by atoms with Crippen LogP contribution in [0.25, 0.3) is 22.3 Å². The first-order valence-electron chi connectivity index (χ1n) is 14.2. The summed E-state index contributed by atoms with van der Waals surface area (Å²) in [6.07, 6.45) is 13.1. The molecule has 0 spiro atoms. The first-order chi connectivity index (χ1) is 18.5. The fourth-order valence-electron chi connectivity index (χ4n) is 5.24. The number of benzene rings is 3.